The minimum absolute atomic E-state index is 0.0768. The predicted octanol–water partition coefficient (Wildman–Crippen LogP) is 1.13. The summed E-state index contributed by atoms with van der Waals surface area (Å²) in [6, 6.07) is 0.402. The zero-order valence-corrected chi connectivity index (χ0v) is 9.33. The summed E-state index contributed by atoms with van der Waals surface area (Å²) in [5.74, 6) is 0. The molecule has 0 bridgehead atoms. The third-order valence-electron chi connectivity index (χ3n) is 2.17. The molecule has 3 heteroatoms. The van der Waals surface area contributed by atoms with Crippen molar-refractivity contribution in [2.75, 3.05) is 27.3 Å². The molecule has 0 spiro atoms. The summed E-state index contributed by atoms with van der Waals surface area (Å²) in [6.07, 6.45) is 0.218. The number of likely N-dealkylation sites (N-methyl/N-ethyl adjacent to an activating group) is 1. The molecule has 1 fully saturated rings. The minimum Gasteiger partial charge on any atom is -0.377 e. The quantitative estimate of drug-likeness (QED) is 0.647. The Bertz CT molecular complexity index is 163. The Morgan fingerprint density at radius 1 is 1.23 bits per heavy atom. The van der Waals surface area contributed by atoms with Gasteiger partial charge in [-0.25, -0.2) is 0 Å². The lowest BCUT2D eigenvalue weighted by Crippen LogP contribution is -2.42. The maximum absolute atomic E-state index is 5.91. The monoisotopic (exact) mass is 187 g/mol. The van der Waals surface area contributed by atoms with Gasteiger partial charge in [0.15, 0.2) is 0 Å². The maximum Gasteiger partial charge on any atom is 0.0992 e. The van der Waals surface area contributed by atoms with E-state index in [0.29, 0.717) is 6.04 Å². The zero-order valence-electron chi connectivity index (χ0n) is 9.33. The number of hydrogen-bond acceptors (Lipinski definition) is 3. The van der Waals surface area contributed by atoms with Crippen LogP contribution in [-0.2, 0) is 9.47 Å². The highest BCUT2D eigenvalue weighted by atomic mass is 16.6. The van der Waals surface area contributed by atoms with E-state index in [4.69, 9.17) is 9.47 Å². The van der Waals surface area contributed by atoms with Crippen LogP contribution in [0.25, 0.3) is 0 Å². The maximum atomic E-state index is 5.91. The number of hydrogen-bond donors (Lipinski definition) is 0. The van der Waals surface area contributed by atoms with Crippen LogP contribution >= 0.6 is 0 Å². The Kier molecular flexibility index (Phi) is 3.33. The van der Waals surface area contributed by atoms with Crippen molar-refractivity contribution < 1.29 is 9.47 Å². The van der Waals surface area contributed by atoms with Crippen molar-refractivity contribution in [1.82, 2.24) is 4.90 Å². The van der Waals surface area contributed by atoms with E-state index >= 15 is 0 Å². The van der Waals surface area contributed by atoms with E-state index < -0.39 is 0 Å². The van der Waals surface area contributed by atoms with Gasteiger partial charge in [-0.05, 0) is 34.9 Å². The molecule has 1 rings (SSSR count). The molecule has 2 atom stereocenters. The molecule has 1 heterocycles. The van der Waals surface area contributed by atoms with Crippen LogP contribution in [0.4, 0.5) is 0 Å². The van der Waals surface area contributed by atoms with Crippen molar-refractivity contribution in [3.8, 4) is 0 Å². The molecule has 0 aromatic heterocycles. The van der Waals surface area contributed by atoms with Gasteiger partial charge in [0.25, 0.3) is 0 Å². The SMILES string of the molecule is CN(C)C1COCC1OC(C)(C)C. The Labute approximate surface area is 81.0 Å². The molecule has 1 saturated heterocycles. The fourth-order valence-electron chi connectivity index (χ4n) is 1.57. The van der Waals surface area contributed by atoms with Crippen LogP contribution in [0.3, 0.4) is 0 Å². The summed E-state index contributed by atoms with van der Waals surface area (Å²) in [5.41, 5.74) is -0.0768. The van der Waals surface area contributed by atoms with E-state index in [1.807, 2.05) is 0 Å². The van der Waals surface area contributed by atoms with E-state index in [2.05, 4.69) is 39.8 Å². The first-order chi connectivity index (χ1) is 5.90. The molecule has 0 aromatic rings. The molecular weight excluding hydrogens is 166 g/mol. The smallest absolute Gasteiger partial charge is 0.0992 e. The van der Waals surface area contributed by atoms with Crippen molar-refractivity contribution in [2.24, 2.45) is 0 Å². The highest BCUT2D eigenvalue weighted by Gasteiger charge is 2.33. The van der Waals surface area contributed by atoms with E-state index in [1.54, 1.807) is 0 Å². The van der Waals surface area contributed by atoms with Crippen LogP contribution in [0.5, 0.6) is 0 Å². The number of nitrogens with zero attached hydrogens (tertiary/aromatic N) is 1. The zero-order chi connectivity index (χ0) is 10.1. The summed E-state index contributed by atoms with van der Waals surface area (Å²) >= 11 is 0. The lowest BCUT2D eigenvalue weighted by atomic mass is 10.1. The Balaban J connectivity index is 2.49. The van der Waals surface area contributed by atoms with Gasteiger partial charge in [0.05, 0.1) is 31.0 Å². The molecule has 1 aliphatic heterocycles. The average molecular weight is 187 g/mol. The Hall–Kier alpha value is -0.120. The molecule has 0 aliphatic carbocycles. The molecule has 0 amide bonds. The number of ether oxygens (including phenoxy) is 2. The topological polar surface area (TPSA) is 21.7 Å². The first kappa shape index (κ1) is 11.0. The van der Waals surface area contributed by atoms with Crippen LogP contribution in [0.1, 0.15) is 20.8 Å². The molecule has 1 aliphatic rings. The van der Waals surface area contributed by atoms with Crippen molar-refractivity contribution >= 4 is 0 Å². The molecule has 13 heavy (non-hydrogen) atoms. The predicted molar refractivity (Wildman–Crippen MR) is 52.9 cm³/mol. The second-order valence-electron chi connectivity index (χ2n) is 4.84. The molecule has 0 saturated carbocycles. The third-order valence-corrected chi connectivity index (χ3v) is 2.17. The summed E-state index contributed by atoms with van der Waals surface area (Å²) in [5, 5.41) is 0. The van der Waals surface area contributed by atoms with Crippen LogP contribution in [0.2, 0.25) is 0 Å². The second-order valence-corrected chi connectivity index (χ2v) is 4.84. The van der Waals surface area contributed by atoms with Crippen LogP contribution in [-0.4, -0.2) is 50.0 Å². The Morgan fingerprint density at radius 2 is 1.85 bits per heavy atom. The molecule has 3 nitrogen and oxygen atoms in total. The molecule has 2 unspecified atom stereocenters. The third kappa shape index (κ3) is 3.25. The summed E-state index contributed by atoms with van der Waals surface area (Å²) in [4.78, 5) is 2.17. The molecule has 78 valence electrons. The van der Waals surface area contributed by atoms with Gasteiger partial charge in [-0.2, -0.15) is 0 Å². The van der Waals surface area contributed by atoms with Crippen molar-refractivity contribution in [2.45, 2.75) is 38.5 Å². The fourth-order valence-corrected chi connectivity index (χ4v) is 1.57. The first-order valence-corrected chi connectivity index (χ1v) is 4.82. The average Bonchev–Trinajstić information content (AvgIpc) is 2.31. The Morgan fingerprint density at radius 3 is 2.31 bits per heavy atom. The lowest BCUT2D eigenvalue weighted by molar-refractivity contribution is -0.0777. The van der Waals surface area contributed by atoms with Crippen LogP contribution < -0.4 is 0 Å². The summed E-state index contributed by atoms with van der Waals surface area (Å²) in [7, 11) is 4.14. The molecule has 0 radical (unpaired) electrons. The van der Waals surface area contributed by atoms with Gasteiger partial charge in [0.2, 0.25) is 0 Å². The van der Waals surface area contributed by atoms with Gasteiger partial charge in [0.1, 0.15) is 0 Å². The fraction of sp³-hybridized carbons (Fsp3) is 1.00. The summed E-state index contributed by atoms with van der Waals surface area (Å²) < 4.78 is 11.3. The van der Waals surface area contributed by atoms with Gasteiger partial charge in [-0.1, -0.05) is 0 Å². The normalized spacial score (nSPS) is 30.0. The highest BCUT2D eigenvalue weighted by molar-refractivity contribution is 4.83. The molecular formula is C10H21NO2. The lowest BCUT2D eigenvalue weighted by Gasteiger charge is -2.30. The molecule has 0 N–H and O–H groups in total. The standard InChI is InChI=1S/C10H21NO2/c1-10(2,3)13-9-7-12-6-8(9)11(4)5/h8-9H,6-7H2,1-5H3. The van der Waals surface area contributed by atoms with E-state index in [-0.39, 0.29) is 11.7 Å². The van der Waals surface area contributed by atoms with Gasteiger partial charge >= 0.3 is 0 Å². The van der Waals surface area contributed by atoms with Gasteiger partial charge in [-0.3, -0.25) is 0 Å². The van der Waals surface area contributed by atoms with E-state index in [9.17, 15) is 0 Å². The largest absolute Gasteiger partial charge is 0.377 e. The van der Waals surface area contributed by atoms with Crippen LogP contribution in [0.15, 0.2) is 0 Å². The first-order valence-electron chi connectivity index (χ1n) is 4.82. The highest BCUT2D eigenvalue weighted by Crippen LogP contribution is 2.20. The van der Waals surface area contributed by atoms with Crippen LogP contribution in [0, 0.1) is 0 Å². The van der Waals surface area contributed by atoms with Crippen molar-refractivity contribution in [1.29, 1.82) is 0 Å². The van der Waals surface area contributed by atoms with Gasteiger partial charge < -0.3 is 14.4 Å². The van der Waals surface area contributed by atoms with Gasteiger partial charge in [0, 0.05) is 0 Å². The minimum atomic E-state index is -0.0768. The second kappa shape index (κ2) is 3.95. The summed E-state index contributed by atoms with van der Waals surface area (Å²) in [6.45, 7) is 7.75. The molecule has 0 aromatic carbocycles. The van der Waals surface area contributed by atoms with Crippen molar-refractivity contribution in [3.05, 3.63) is 0 Å². The van der Waals surface area contributed by atoms with Gasteiger partial charge in [-0.15, -0.1) is 0 Å². The van der Waals surface area contributed by atoms with E-state index in [1.165, 1.54) is 0 Å². The van der Waals surface area contributed by atoms with Crippen molar-refractivity contribution in [3.63, 3.8) is 0 Å². The van der Waals surface area contributed by atoms with E-state index in [0.717, 1.165) is 13.2 Å². The number of rotatable bonds is 2.